The van der Waals surface area contributed by atoms with Gasteiger partial charge >= 0.3 is 11.9 Å². The van der Waals surface area contributed by atoms with Crippen molar-refractivity contribution in [1.29, 1.82) is 0 Å². The molecule has 0 aromatic heterocycles. The third-order valence-corrected chi connectivity index (χ3v) is 4.85. The second-order valence-corrected chi connectivity index (χ2v) is 6.37. The number of carbonyl (C=O) groups is 2. The van der Waals surface area contributed by atoms with Crippen LogP contribution in [0.5, 0.6) is 5.75 Å². The van der Waals surface area contributed by atoms with Gasteiger partial charge in [-0.15, -0.1) is 0 Å². The second-order valence-electron chi connectivity index (χ2n) is 6.37. The third kappa shape index (κ3) is 3.01. The van der Waals surface area contributed by atoms with Crippen LogP contribution in [0.15, 0.2) is 18.2 Å². The fourth-order valence-electron chi connectivity index (χ4n) is 4.07. The largest absolute Gasteiger partial charge is 0.463 e. The van der Waals surface area contributed by atoms with E-state index in [9.17, 15) is 9.59 Å². The molecule has 0 heterocycles. The van der Waals surface area contributed by atoms with Crippen LogP contribution in [0, 0.1) is 5.92 Å². The standard InChI is InChI=1S/C18H22O4/c1-11(19)21-14-7-9-15-13(10-14)6-8-17-16(15)4-3-5-18(17)22-12(2)20/h3-5,13-15H,6-10H2,1-2H3/t13-,14-,15-/m1/s1. The smallest absolute Gasteiger partial charge is 0.308 e. The molecule has 3 atom stereocenters. The highest BCUT2D eigenvalue weighted by atomic mass is 16.5. The molecule has 118 valence electrons. The number of esters is 2. The molecule has 0 aliphatic heterocycles. The van der Waals surface area contributed by atoms with Crippen molar-refractivity contribution in [2.24, 2.45) is 5.92 Å². The summed E-state index contributed by atoms with van der Waals surface area (Å²) in [6.07, 6.45) is 4.94. The van der Waals surface area contributed by atoms with Gasteiger partial charge in [-0.25, -0.2) is 0 Å². The first kappa shape index (κ1) is 15.1. The van der Waals surface area contributed by atoms with Gasteiger partial charge in [-0.2, -0.15) is 0 Å². The van der Waals surface area contributed by atoms with Crippen molar-refractivity contribution in [2.45, 2.75) is 58.0 Å². The normalized spacial score (nSPS) is 26.5. The summed E-state index contributed by atoms with van der Waals surface area (Å²) in [6, 6.07) is 6.01. The number of hydrogen-bond donors (Lipinski definition) is 0. The van der Waals surface area contributed by atoms with Crippen LogP contribution in [-0.4, -0.2) is 18.0 Å². The zero-order valence-electron chi connectivity index (χ0n) is 13.1. The van der Waals surface area contributed by atoms with E-state index in [1.807, 2.05) is 12.1 Å². The fraction of sp³-hybridized carbons (Fsp3) is 0.556. The Morgan fingerprint density at radius 1 is 1.09 bits per heavy atom. The van der Waals surface area contributed by atoms with Gasteiger partial charge in [0.2, 0.25) is 0 Å². The minimum Gasteiger partial charge on any atom is -0.463 e. The van der Waals surface area contributed by atoms with E-state index in [1.54, 1.807) is 0 Å². The highest BCUT2D eigenvalue weighted by Crippen LogP contribution is 2.47. The van der Waals surface area contributed by atoms with Crippen LogP contribution in [0.4, 0.5) is 0 Å². The van der Waals surface area contributed by atoms with E-state index >= 15 is 0 Å². The maximum atomic E-state index is 11.3. The van der Waals surface area contributed by atoms with E-state index in [1.165, 1.54) is 25.0 Å². The lowest BCUT2D eigenvalue weighted by Crippen LogP contribution is -2.32. The van der Waals surface area contributed by atoms with E-state index in [0.29, 0.717) is 17.6 Å². The summed E-state index contributed by atoms with van der Waals surface area (Å²) >= 11 is 0. The molecule has 2 aliphatic carbocycles. The molecule has 3 rings (SSSR count). The fourth-order valence-corrected chi connectivity index (χ4v) is 4.07. The van der Waals surface area contributed by atoms with Crippen LogP contribution in [0.1, 0.15) is 56.6 Å². The Bertz CT molecular complexity index is 593. The molecule has 1 aromatic carbocycles. The van der Waals surface area contributed by atoms with Crippen molar-refractivity contribution in [1.82, 2.24) is 0 Å². The first-order valence-electron chi connectivity index (χ1n) is 8.02. The molecule has 4 heteroatoms. The van der Waals surface area contributed by atoms with Crippen LogP contribution in [0.25, 0.3) is 0 Å². The maximum Gasteiger partial charge on any atom is 0.308 e. The molecule has 0 N–H and O–H groups in total. The van der Waals surface area contributed by atoms with Crippen LogP contribution in [0.3, 0.4) is 0 Å². The first-order chi connectivity index (χ1) is 10.5. The Morgan fingerprint density at radius 3 is 2.64 bits per heavy atom. The Kier molecular flexibility index (Phi) is 4.19. The summed E-state index contributed by atoms with van der Waals surface area (Å²) in [5, 5.41) is 0. The first-order valence-corrected chi connectivity index (χ1v) is 8.02. The summed E-state index contributed by atoms with van der Waals surface area (Å²) in [7, 11) is 0. The van der Waals surface area contributed by atoms with Crippen LogP contribution in [-0.2, 0) is 20.7 Å². The number of benzene rings is 1. The average molecular weight is 302 g/mol. The van der Waals surface area contributed by atoms with Gasteiger partial charge in [0.1, 0.15) is 11.9 Å². The predicted molar refractivity (Wildman–Crippen MR) is 81.7 cm³/mol. The van der Waals surface area contributed by atoms with Gasteiger partial charge in [-0.1, -0.05) is 12.1 Å². The summed E-state index contributed by atoms with van der Waals surface area (Å²) in [6.45, 7) is 2.92. The Hall–Kier alpha value is -1.84. The molecule has 0 radical (unpaired) electrons. The van der Waals surface area contributed by atoms with Crippen molar-refractivity contribution in [2.75, 3.05) is 0 Å². The molecule has 1 aromatic rings. The minimum absolute atomic E-state index is 0.0666. The molecule has 4 nitrogen and oxygen atoms in total. The molecule has 0 saturated heterocycles. The topological polar surface area (TPSA) is 52.6 Å². The summed E-state index contributed by atoms with van der Waals surface area (Å²) in [5.41, 5.74) is 2.50. The quantitative estimate of drug-likeness (QED) is 0.621. The molecule has 2 aliphatic rings. The molecule has 1 fully saturated rings. The molecule has 1 saturated carbocycles. The van der Waals surface area contributed by atoms with E-state index in [4.69, 9.17) is 9.47 Å². The van der Waals surface area contributed by atoms with Gasteiger partial charge in [0, 0.05) is 13.8 Å². The zero-order valence-corrected chi connectivity index (χ0v) is 13.1. The van der Waals surface area contributed by atoms with Crippen LogP contribution < -0.4 is 4.74 Å². The molecule has 0 spiro atoms. The van der Waals surface area contributed by atoms with Crippen molar-refractivity contribution < 1.29 is 19.1 Å². The van der Waals surface area contributed by atoms with E-state index in [2.05, 4.69) is 6.07 Å². The van der Waals surface area contributed by atoms with Gasteiger partial charge in [0.05, 0.1) is 0 Å². The summed E-state index contributed by atoms with van der Waals surface area (Å²) in [4.78, 5) is 22.4. The summed E-state index contributed by atoms with van der Waals surface area (Å²) in [5.74, 6) is 1.31. The monoisotopic (exact) mass is 302 g/mol. The highest BCUT2D eigenvalue weighted by molar-refractivity contribution is 5.70. The number of fused-ring (bicyclic) bond motifs is 3. The van der Waals surface area contributed by atoms with E-state index in [-0.39, 0.29) is 18.0 Å². The molecule has 22 heavy (non-hydrogen) atoms. The van der Waals surface area contributed by atoms with Crippen molar-refractivity contribution in [3.63, 3.8) is 0 Å². The third-order valence-electron chi connectivity index (χ3n) is 4.85. The number of ether oxygens (including phenoxy) is 2. The van der Waals surface area contributed by atoms with Gasteiger partial charge in [-0.05, 0) is 61.1 Å². The lowest BCUT2D eigenvalue weighted by atomic mass is 9.67. The molecular formula is C18H22O4. The zero-order chi connectivity index (χ0) is 15.7. The van der Waals surface area contributed by atoms with Crippen molar-refractivity contribution in [3.05, 3.63) is 29.3 Å². The molecular weight excluding hydrogens is 280 g/mol. The lowest BCUT2D eigenvalue weighted by Gasteiger charge is -2.40. The van der Waals surface area contributed by atoms with E-state index < -0.39 is 0 Å². The van der Waals surface area contributed by atoms with Crippen molar-refractivity contribution >= 4 is 11.9 Å². The molecule has 0 bridgehead atoms. The Labute approximate surface area is 130 Å². The van der Waals surface area contributed by atoms with Crippen molar-refractivity contribution in [3.8, 4) is 5.75 Å². The lowest BCUT2D eigenvalue weighted by molar-refractivity contribution is -0.148. The maximum absolute atomic E-state index is 11.3. The number of carbonyl (C=O) groups excluding carboxylic acids is 2. The Morgan fingerprint density at radius 2 is 1.91 bits per heavy atom. The molecule has 0 amide bonds. The van der Waals surface area contributed by atoms with Gasteiger partial charge in [0.15, 0.2) is 0 Å². The average Bonchev–Trinajstić information content (AvgIpc) is 2.45. The Balaban J connectivity index is 1.81. The van der Waals surface area contributed by atoms with Gasteiger partial charge in [0.25, 0.3) is 0 Å². The molecule has 0 unspecified atom stereocenters. The minimum atomic E-state index is -0.269. The SMILES string of the molecule is CC(=O)Oc1cccc2c1CC[C@@H]1C[C@H](OC(C)=O)CC[C@@H]21. The second kappa shape index (κ2) is 6.11. The summed E-state index contributed by atoms with van der Waals surface area (Å²) < 4.78 is 10.8. The van der Waals surface area contributed by atoms with Crippen LogP contribution >= 0.6 is 0 Å². The van der Waals surface area contributed by atoms with Gasteiger partial charge < -0.3 is 9.47 Å². The predicted octanol–water partition coefficient (Wildman–Crippen LogP) is 3.37. The number of rotatable bonds is 2. The van der Waals surface area contributed by atoms with E-state index in [0.717, 1.165) is 32.1 Å². The van der Waals surface area contributed by atoms with Gasteiger partial charge in [-0.3, -0.25) is 9.59 Å². The van der Waals surface area contributed by atoms with Crippen LogP contribution in [0.2, 0.25) is 0 Å². The highest BCUT2D eigenvalue weighted by Gasteiger charge is 2.37. The number of hydrogen-bond acceptors (Lipinski definition) is 4.